The monoisotopic (exact) mass is 912 g/mol. The highest BCUT2D eigenvalue weighted by Crippen LogP contribution is 2.43. The predicted molar refractivity (Wildman–Crippen MR) is 261 cm³/mol. The van der Waals surface area contributed by atoms with Gasteiger partial charge in [-0.25, -0.2) is 14.6 Å². The number of nitrogens with one attached hydrogen (secondary N) is 3. The SMILES string of the molecule is COOOOSc1ccc(C)cc1.[C-]#[N+]c1c(C(C)(C)C)nn(C)c1N=Nc1c(C(C)(C)C)[nH]c2ccccc12.[C-]#[N+]c1c(N=Nc2c(C(C)(C)C)[nH]c3ccccc23)n[nH]c1C(C)(C)C. The first-order chi connectivity index (χ1) is 31.0. The van der Waals surface area contributed by atoms with Gasteiger partial charge in [0.15, 0.2) is 5.82 Å². The van der Waals surface area contributed by atoms with E-state index in [9.17, 15) is 0 Å². The molecule has 0 saturated heterocycles. The minimum Gasteiger partial charge on any atom is -0.356 e. The molecule has 0 unspecified atom stereocenters. The largest absolute Gasteiger partial charge is 0.356 e. The highest BCUT2D eigenvalue weighted by atomic mass is 32.2. The molecule has 3 aromatic carbocycles. The van der Waals surface area contributed by atoms with Crippen LogP contribution < -0.4 is 0 Å². The van der Waals surface area contributed by atoms with Crippen molar-refractivity contribution in [3.63, 3.8) is 0 Å². The van der Waals surface area contributed by atoms with E-state index in [0.29, 0.717) is 23.0 Å². The van der Waals surface area contributed by atoms with E-state index in [4.69, 9.17) is 13.1 Å². The van der Waals surface area contributed by atoms with Gasteiger partial charge in [0.05, 0.1) is 38.0 Å². The summed E-state index contributed by atoms with van der Waals surface area (Å²) < 4.78 is 6.21. The number of aryl methyl sites for hydroxylation is 2. The molecule has 16 nitrogen and oxygen atoms in total. The molecule has 7 aromatic rings. The van der Waals surface area contributed by atoms with E-state index in [1.54, 1.807) is 11.7 Å². The molecule has 66 heavy (non-hydrogen) atoms. The summed E-state index contributed by atoms with van der Waals surface area (Å²) in [4.78, 5) is 19.3. The summed E-state index contributed by atoms with van der Waals surface area (Å²) in [5, 5.41) is 39.8. The van der Waals surface area contributed by atoms with Gasteiger partial charge >= 0.3 is 0 Å². The Kier molecular flexibility index (Phi) is 15.9. The fourth-order valence-electron chi connectivity index (χ4n) is 6.68. The maximum atomic E-state index is 7.61. The highest BCUT2D eigenvalue weighted by molar-refractivity contribution is 7.94. The van der Waals surface area contributed by atoms with Crippen molar-refractivity contribution in [2.45, 2.75) is 117 Å². The molecule has 0 aliphatic heterocycles. The van der Waals surface area contributed by atoms with Crippen LogP contribution in [0.4, 0.5) is 34.4 Å². The van der Waals surface area contributed by atoms with Gasteiger partial charge in [-0.05, 0) is 52.1 Å². The Morgan fingerprint density at radius 1 is 0.621 bits per heavy atom. The number of H-pyrrole nitrogens is 3. The maximum absolute atomic E-state index is 7.61. The molecule has 0 bridgehead atoms. The summed E-state index contributed by atoms with van der Waals surface area (Å²) in [6.07, 6.45) is 0. The van der Waals surface area contributed by atoms with Gasteiger partial charge in [-0.1, -0.05) is 137 Å². The van der Waals surface area contributed by atoms with E-state index in [2.05, 4.69) is 116 Å². The number of rotatable bonds is 9. The zero-order valence-electron chi connectivity index (χ0n) is 40.5. The number of para-hydroxylation sites is 2. The highest BCUT2D eigenvalue weighted by Gasteiger charge is 2.28. The molecule has 0 aliphatic carbocycles. The molecule has 3 N–H and O–H groups in total. The lowest BCUT2D eigenvalue weighted by Gasteiger charge is -2.17. The third-order valence-electron chi connectivity index (χ3n) is 10.0. The molecule has 0 radical (unpaired) electrons. The minimum atomic E-state index is -0.233. The van der Waals surface area contributed by atoms with Crippen LogP contribution in [0.5, 0.6) is 0 Å². The Bertz CT molecular complexity index is 2900. The smallest absolute Gasteiger partial charge is 0.255 e. The Hall–Kier alpha value is -6.47. The molecule has 4 heterocycles. The van der Waals surface area contributed by atoms with Crippen LogP contribution in [0.2, 0.25) is 0 Å². The minimum absolute atomic E-state index is 0.112. The Morgan fingerprint density at radius 3 is 1.59 bits per heavy atom. The van der Waals surface area contributed by atoms with Crippen molar-refractivity contribution in [3.8, 4) is 0 Å². The number of hydrogen-bond donors (Lipinski definition) is 3. The van der Waals surface area contributed by atoms with Crippen LogP contribution in [0.3, 0.4) is 0 Å². The second kappa shape index (κ2) is 20.8. The standard InChI is InChI=1S/C21H26N6.C20H24N6.C8H10O4S/c1-20(2,3)17-15(13-11-9-10-12-14(13)23-17)24-25-19-16(22-7)18(21(4,5)6)26-27(19)8;1-19(2,3)16-14(12-10-8-9-11-13(12)22-16)23-25-18-15(21-7)17(24-26-18)20(4,5)6;1-7-3-5-8(6-4-7)13-12-11-10-9-2/h9-12,23H,1-6,8H3;8-11,22H,1-6H3,(H,24,26);3-6H,1-2H3. The molecule has 346 valence electrons. The Morgan fingerprint density at radius 2 is 1.12 bits per heavy atom. The predicted octanol–water partition coefficient (Wildman–Crippen LogP) is 15.4. The van der Waals surface area contributed by atoms with Crippen LogP contribution in [0, 0.1) is 20.1 Å². The van der Waals surface area contributed by atoms with Gasteiger partial charge in [0, 0.05) is 61.7 Å². The van der Waals surface area contributed by atoms with E-state index in [0.717, 1.165) is 72.9 Å². The fraction of sp³-hybridized carbons (Fsp3) is 0.388. The van der Waals surface area contributed by atoms with Crippen LogP contribution in [0.25, 0.3) is 31.5 Å². The zero-order chi connectivity index (χ0) is 48.6. The Balaban J connectivity index is 0.000000197. The number of fused-ring (bicyclic) bond motifs is 2. The molecule has 7 rings (SSSR count). The number of azo groups is 2. The van der Waals surface area contributed by atoms with Crippen LogP contribution in [0.15, 0.2) is 98.1 Å². The van der Waals surface area contributed by atoms with Crippen molar-refractivity contribution in [1.29, 1.82) is 0 Å². The summed E-state index contributed by atoms with van der Waals surface area (Å²) >= 11 is 1.04. The summed E-state index contributed by atoms with van der Waals surface area (Å²) in [6.45, 7) is 42.2. The quantitative estimate of drug-likeness (QED) is 0.0323. The van der Waals surface area contributed by atoms with Crippen LogP contribution in [-0.4, -0.2) is 37.1 Å². The molecule has 17 heteroatoms. The third kappa shape index (κ3) is 12.2. The number of nitrogens with zero attached hydrogens (tertiary/aromatic N) is 9. The second-order valence-electron chi connectivity index (χ2n) is 19.6. The topological polar surface area (TPSA) is 173 Å². The van der Waals surface area contributed by atoms with Crippen molar-refractivity contribution in [2.24, 2.45) is 27.5 Å². The first-order valence-electron chi connectivity index (χ1n) is 21.2. The van der Waals surface area contributed by atoms with Crippen molar-refractivity contribution in [3.05, 3.63) is 124 Å². The normalized spacial score (nSPS) is 12.3. The van der Waals surface area contributed by atoms with Gasteiger partial charge in [-0.2, -0.15) is 10.2 Å². The first-order valence-corrected chi connectivity index (χ1v) is 22.0. The number of aromatic amines is 3. The lowest BCUT2D eigenvalue weighted by Crippen LogP contribution is -2.12. The summed E-state index contributed by atoms with van der Waals surface area (Å²) in [5.74, 6) is 0.815. The summed E-state index contributed by atoms with van der Waals surface area (Å²) in [5.41, 5.74) is 8.63. The first kappa shape index (κ1) is 50.5. The van der Waals surface area contributed by atoms with Crippen molar-refractivity contribution in [1.82, 2.24) is 29.9 Å². The van der Waals surface area contributed by atoms with Gasteiger partial charge in [0.2, 0.25) is 5.82 Å². The number of benzene rings is 3. The van der Waals surface area contributed by atoms with E-state index in [1.165, 1.54) is 12.7 Å². The maximum Gasteiger partial charge on any atom is 0.255 e. The van der Waals surface area contributed by atoms with Gasteiger partial charge in [-0.3, -0.25) is 9.78 Å². The van der Waals surface area contributed by atoms with Gasteiger partial charge < -0.3 is 9.97 Å². The average molecular weight is 913 g/mol. The molecular weight excluding hydrogens is 853 g/mol. The van der Waals surface area contributed by atoms with Gasteiger partial charge in [0.1, 0.15) is 11.4 Å². The second-order valence-corrected chi connectivity index (χ2v) is 20.4. The van der Waals surface area contributed by atoms with Crippen LogP contribution >= 0.6 is 12.0 Å². The van der Waals surface area contributed by atoms with Gasteiger partial charge in [-0.15, -0.1) is 24.8 Å². The fourth-order valence-corrected chi connectivity index (χ4v) is 7.05. The molecule has 0 atom stereocenters. The number of aromatic nitrogens is 6. The van der Waals surface area contributed by atoms with Crippen LogP contribution in [0.1, 0.15) is 111 Å². The van der Waals surface area contributed by atoms with E-state index in [1.807, 2.05) is 121 Å². The molecule has 0 aliphatic rings. The number of hydrogen-bond acceptors (Lipinski definition) is 11. The van der Waals surface area contributed by atoms with E-state index in [-0.39, 0.29) is 21.7 Å². The molecule has 0 fully saturated rings. The average Bonchev–Trinajstić information content (AvgIpc) is 4.03. The molecule has 4 aromatic heterocycles. The van der Waals surface area contributed by atoms with Gasteiger partial charge in [0.25, 0.3) is 11.4 Å². The van der Waals surface area contributed by atoms with Crippen molar-refractivity contribution >= 4 is 68.2 Å². The zero-order valence-corrected chi connectivity index (χ0v) is 41.3. The molecule has 0 spiro atoms. The summed E-state index contributed by atoms with van der Waals surface area (Å²) in [7, 11) is 3.12. The van der Waals surface area contributed by atoms with E-state index < -0.39 is 0 Å². The third-order valence-corrected chi connectivity index (χ3v) is 10.6. The van der Waals surface area contributed by atoms with Crippen molar-refractivity contribution < 1.29 is 19.3 Å². The molecule has 0 saturated carbocycles. The Labute approximate surface area is 391 Å². The van der Waals surface area contributed by atoms with Crippen LogP contribution in [-0.2, 0) is 48.0 Å². The lowest BCUT2D eigenvalue weighted by molar-refractivity contribution is -0.597. The van der Waals surface area contributed by atoms with Crippen molar-refractivity contribution in [2.75, 3.05) is 7.11 Å². The van der Waals surface area contributed by atoms with E-state index >= 15 is 0 Å². The molecule has 0 amide bonds. The molecular formula is C49H60N12O4S. The summed E-state index contributed by atoms with van der Waals surface area (Å²) in [6, 6.07) is 23.9. The lowest BCUT2D eigenvalue weighted by atomic mass is 9.91.